The molecule has 1 aromatic heterocycles. The van der Waals surface area contributed by atoms with Gasteiger partial charge in [-0.3, -0.25) is 0 Å². The van der Waals surface area contributed by atoms with E-state index in [9.17, 15) is 0 Å². The lowest BCUT2D eigenvalue weighted by Gasteiger charge is -2.21. The molecule has 0 saturated heterocycles. The SMILES string of the molecule is CC(C)(C)c1nc(Cc2ccc(Cl)cc2Cl)nc(N)c1Br. The van der Waals surface area contributed by atoms with Crippen LogP contribution in [0, 0.1) is 0 Å². The van der Waals surface area contributed by atoms with Gasteiger partial charge in [0.25, 0.3) is 0 Å². The van der Waals surface area contributed by atoms with Crippen LogP contribution in [0.5, 0.6) is 0 Å². The third kappa shape index (κ3) is 3.87. The minimum atomic E-state index is -0.131. The topological polar surface area (TPSA) is 51.8 Å². The molecule has 0 fully saturated rings. The number of aromatic nitrogens is 2. The van der Waals surface area contributed by atoms with Gasteiger partial charge in [0.2, 0.25) is 0 Å². The molecular weight excluding hydrogens is 373 g/mol. The van der Waals surface area contributed by atoms with Crippen molar-refractivity contribution < 1.29 is 0 Å². The largest absolute Gasteiger partial charge is 0.383 e. The van der Waals surface area contributed by atoms with Gasteiger partial charge in [-0.25, -0.2) is 9.97 Å². The Morgan fingerprint density at radius 2 is 1.86 bits per heavy atom. The van der Waals surface area contributed by atoms with Crippen molar-refractivity contribution in [3.05, 3.63) is 49.8 Å². The smallest absolute Gasteiger partial charge is 0.141 e. The van der Waals surface area contributed by atoms with Crippen LogP contribution in [0.4, 0.5) is 5.82 Å². The summed E-state index contributed by atoms with van der Waals surface area (Å²) in [7, 11) is 0. The molecule has 0 aliphatic heterocycles. The standard InChI is InChI=1S/C15H16BrCl2N3/c1-15(2,3)13-12(16)14(19)21-11(20-13)6-8-4-5-9(17)7-10(8)18/h4-5,7H,6H2,1-3H3,(H2,19,20,21). The maximum atomic E-state index is 6.20. The van der Waals surface area contributed by atoms with E-state index in [4.69, 9.17) is 28.9 Å². The summed E-state index contributed by atoms with van der Waals surface area (Å²) < 4.78 is 0.751. The normalized spacial score (nSPS) is 11.7. The van der Waals surface area contributed by atoms with Gasteiger partial charge in [0.1, 0.15) is 11.6 Å². The molecule has 21 heavy (non-hydrogen) atoms. The Balaban J connectivity index is 2.43. The van der Waals surface area contributed by atoms with Crippen LogP contribution < -0.4 is 5.73 Å². The number of anilines is 1. The molecule has 0 bridgehead atoms. The number of hydrogen-bond acceptors (Lipinski definition) is 3. The molecule has 0 atom stereocenters. The van der Waals surface area contributed by atoms with Crippen LogP contribution >= 0.6 is 39.1 Å². The molecule has 0 amide bonds. The summed E-state index contributed by atoms with van der Waals surface area (Å²) in [4.78, 5) is 8.97. The van der Waals surface area contributed by atoms with E-state index in [2.05, 4.69) is 46.7 Å². The number of rotatable bonds is 2. The van der Waals surface area contributed by atoms with E-state index in [1.165, 1.54) is 0 Å². The summed E-state index contributed by atoms with van der Waals surface area (Å²) in [5, 5.41) is 1.21. The zero-order valence-electron chi connectivity index (χ0n) is 12.0. The molecule has 0 unspecified atom stereocenters. The van der Waals surface area contributed by atoms with E-state index in [-0.39, 0.29) is 5.41 Å². The first kappa shape index (κ1) is 16.5. The summed E-state index contributed by atoms with van der Waals surface area (Å²) in [6.07, 6.45) is 0.510. The first-order chi connectivity index (χ1) is 9.68. The van der Waals surface area contributed by atoms with E-state index in [0.29, 0.717) is 28.1 Å². The first-order valence-corrected chi connectivity index (χ1v) is 7.99. The van der Waals surface area contributed by atoms with Crippen LogP contribution in [0.3, 0.4) is 0 Å². The van der Waals surface area contributed by atoms with Gasteiger partial charge in [-0.05, 0) is 33.6 Å². The Labute approximate surface area is 143 Å². The average Bonchev–Trinajstić information content (AvgIpc) is 2.35. The Morgan fingerprint density at radius 1 is 1.19 bits per heavy atom. The van der Waals surface area contributed by atoms with E-state index in [1.807, 2.05) is 6.07 Å². The van der Waals surface area contributed by atoms with Crippen molar-refractivity contribution in [2.24, 2.45) is 0 Å². The van der Waals surface area contributed by atoms with Crippen molar-refractivity contribution in [1.82, 2.24) is 9.97 Å². The van der Waals surface area contributed by atoms with Crippen LogP contribution in [0.25, 0.3) is 0 Å². The summed E-state index contributed by atoms with van der Waals surface area (Å²) in [6.45, 7) is 6.25. The van der Waals surface area contributed by atoms with Crippen molar-refractivity contribution in [3.8, 4) is 0 Å². The minimum Gasteiger partial charge on any atom is -0.383 e. The predicted molar refractivity (Wildman–Crippen MR) is 92.1 cm³/mol. The zero-order valence-corrected chi connectivity index (χ0v) is 15.1. The van der Waals surface area contributed by atoms with Gasteiger partial charge in [0, 0.05) is 21.9 Å². The summed E-state index contributed by atoms with van der Waals surface area (Å²) >= 11 is 15.6. The van der Waals surface area contributed by atoms with E-state index in [1.54, 1.807) is 12.1 Å². The fraction of sp³-hybridized carbons (Fsp3) is 0.333. The molecule has 0 aliphatic rings. The molecular formula is C15H16BrCl2N3. The minimum absolute atomic E-state index is 0.131. The molecule has 6 heteroatoms. The van der Waals surface area contributed by atoms with Gasteiger partial charge in [-0.15, -0.1) is 0 Å². The number of hydrogen-bond donors (Lipinski definition) is 1. The number of nitrogens with zero attached hydrogens (tertiary/aromatic N) is 2. The van der Waals surface area contributed by atoms with Crippen molar-refractivity contribution in [3.63, 3.8) is 0 Å². The maximum absolute atomic E-state index is 6.20. The van der Waals surface area contributed by atoms with Crippen LogP contribution in [0.1, 0.15) is 37.9 Å². The highest BCUT2D eigenvalue weighted by Crippen LogP contribution is 2.32. The molecule has 1 heterocycles. The molecule has 1 aromatic carbocycles. The summed E-state index contributed by atoms with van der Waals surface area (Å²) in [5.74, 6) is 1.08. The molecule has 0 saturated carbocycles. The second-order valence-electron chi connectivity index (χ2n) is 5.85. The van der Waals surface area contributed by atoms with Crippen molar-refractivity contribution in [2.45, 2.75) is 32.6 Å². The second kappa shape index (κ2) is 6.11. The Morgan fingerprint density at radius 3 is 2.43 bits per heavy atom. The van der Waals surface area contributed by atoms with E-state index in [0.717, 1.165) is 15.7 Å². The lowest BCUT2D eigenvalue weighted by atomic mass is 9.92. The molecule has 0 aliphatic carbocycles. The average molecular weight is 389 g/mol. The zero-order chi connectivity index (χ0) is 15.8. The summed E-state index contributed by atoms with van der Waals surface area (Å²) in [6, 6.07) is 5.39. The second-order valence-corrected chi connectivity index (χ2v) is 7.49. The van der Waals surface area contributed by atoms with Crippen LogP contribution in [-0.2, 0) is 11.8 Å². The van der Waals surface area contributed by atoms with Crippen molar-refractivity contribution in [1.29, 1.82) is 0 Å². The van der Waals surface area contributed by atoms with Crippen LogP contribution in [0.2, 0.25) is 10.0 Å². The Kier molecular flexibility index (Phi) is 4.81. The lowest BCUT2D eigenvalue weighted by molar-refractivity contribution is 0.560. The number of nitrogens with two attached hydrogens (primary N) is 1. The molecule has 2 rings (SSSR count). The monoisotopic (exact) mass is 387 g/mol. The quantitative estimate of drug-likeness (QED) is 0.785. The van der Waals surface area contributed by atoms with Gasteiger partial charge < -0.3 is 5.73 Å². The van der Waals surface area contributed by atoms with Gasteiger partial charge in [0.05, 0.1) is 10.2 Å². The third-order valence-electron chi connectivity index (χ3n) is 3.00. The molecule has 0 spiro atoms. The fourth-order valence-corrected chi connectivity index (χ4v) is 3.17. The summed E-state index contributed by atoms with van der Waals surface area (Å²) in [5.41, 5.74) is 7.65. The lowest BCUT2D eigenvalue weighted by Crippen LogP contribution is -2.18. The molecule has 2 aromatic rings. The fourth-order valence-electron chi connectivity index (χ4n) is 1.92. The van der Waals surface area contributed by atoms with Crippen LogP contribution in [-0.4, -0.2) is 9.97 Å². The number of benzene rings is 1. The highest BCUT2D eigenvalue weighted by atomic mass is 79.9. The van der Waals surface area contributed by atoms with E-state index >= 15 is 0 Å². The molecule has 3 nitrogen and oxygen atoms in total. The van der Waals surface area contributed by atoms with Crippen molar-refractivity contribution in [2.75, 3.05) is 5.73 Å². The highest BCUT2D eigenvalue weighted by molar-refractivity contribution is 9.10. The number of halogens is 3. The molecule has 0 radical (unpaired) electrons. The van der Waals surface area contributed by atoms with Gasteiger partial charge in [0.15, 0.2) is 0 Å². The third-order valence-corrected chi connectivity index (χ3v) is 4.37. The van der Waals surface area contributed by atoms with E-state index < -0.39 is 0 Å². The predicted octanol–water partition coefficient (Wildman–Crippen LogP) is 5.02. The maximum Gasteiger partial charge on any atom is 0.141 e. The Bertz CT molecular complexity index is 681. The Hall–Kier alpha value is -0.840. The first-order valence-electron chi connectivity index (χ1n) is 6.45. The number of nitrogen functional groups attached to an aromatic ring is 1. The van der Waals surface area contributed by atoms with Gasteiger partial charge in [-0.1, -0.05) is 50.0 Å². The molecule has 2 N–H and O–H groups in total. The van der Waals surface area contributed by atoms with Crippen LogP contribution in [0.15, 0.2) is 22.7 Å². The van der Waals surface area contributed by atoms with Crippen molar-refractivity contribution >= 4 is 44.9 Å². The highest BCUT2D eigenvalue weighted by Gasteiger charge is 2.22. The van der Waals surface area contributed by atoms with Gasteiger partial charge in [-0.2, -0.15) is 0 Å². The van der Waals surface area contributed by atoms with Gasteiger partial charge >= 0.3 is 0 Å². The molecule has 112 valence electrons.